The first-order chi connectivity index (χ1) is 17.4. The topological polar surface area (TPSA) is 40.3 Å². The van der Waals surface area contributed by atoms with Crippen molar-refractivity contribution in [2.45, 2.75) is 17.0 Å². The molecule has 0 saturated heterocycles. The van der Waals surface area contributed by atoms with Gasteiger partial charge in [-0.2, -0.15) is 4.57 Å². The fourth-order valence-corrected chi connectivity index (χ4v) is 6.07. The molecule has 36 heavy (non-hydrogen) atoms. The van der Waals surface area contributed by atoms with E-state index in [1.807, 2.05) is 78.2 Å². The molecule has 0 radical (unpaired) electrons. The average molecular weight is 512 g/mol. The van der Waals surface area contributed by atoms with Crippen molar-refractivity contribution in [2.24, 2.45) is 0 Å². The third-order valence-electron chi connectivity index (χ3n) is 5.99. The molecule has 0 spiro atoms. The minimum Gasteiger partial charge on any atom is -0.378 e. The van der Waals surface area contributed by atoms with Crippen LogP contribution in [0.4, 0.5) is 11.4 Å². The molecule has 1 aliphatic heterocycles. The van der Waals surface area contributed by atoms with Crippen molar-refractivity contribution >= 4 is 46.1 Å². The molecule has 0 aliphatic carbocycles. The van der Waals surface area contributed by atoms with Gasteiger partial charge < -0.3 is 9.80 Å². The standard InChI is InChI=1S/C29H27N4OS2/c1-20-18-22(19-27-32(4)25-12-8-9-13-26(25)35-27)30-29(33(20)24-10-6-5-7-11-24)36-28(34)21-14-16-23(17-15-21)31(2)3/h5-19H,1-4H3/q+1. The number of para-hydroxylation sites is 2. The van der Waals surface area contributed by atoms with Crippen LogP contribution in [0.25, 0.3) is 11.8 Å². The third-order valence-corrected chi connectivity index (χ3v) is 8.03. The number of anilines is 2. The summed E-state index contributed by atoms with van der Waals surface area (Å²) >= 11 is 2.88. The predicted octanol–water partition coefficient (Wildman–Crippen LogP) is 6.21. The number of thioether (sulfide) groups is 2. The van der Waals surface area contributed by atoms with Gasteiger partial charge in [0.1, 0.15) is 11.4 Å². The Morgan fingerprint density at radius 1 is 1.00 bits per heavy atom. The maximum Gasteiger partial charge on any atom is 0.373 e. The molecule has 7 heteroatoms. The summed E-state index contributed by atoms with van der Waals surface area (Å²) in [7, 11) is 6.04. The van der Waals surface area contributed by atoms with E-state index >= 15 is 0 Å². The Morgan fingerprint density at radius 3 is 2.39 bits per heavy atom. The smallest absolute Gasteiger partial charge is 0.373 e. The summed E-state index contributed by atoms with van der Waals surface area (Å²) in [6, 6.07) is 28.1. The second-order valence-corrected chi connectivity index (χ2v) is 10.7. The van der Waals surface area contributed by atoms with Crippen molar-refractivity contribution in [3.05, 3.63) is 107 Å². The zero-order chi connectivity index (χ0) is 25.2. The van der Waals surface area contributed by atoms with Crippen LogP contribution in [0, 0.1) is 6.92 Å². The van der Waals surface area contributed by atoms with E-state index in [4.69, 9.17) is 4.98 Å². The molecule has 180 valence electrons. The molecule has 2 heterocycles. The SMILES string of the molecule is Cc1cc(/C=C2/Sc3ccccc3N2C)nc(SC(=O)c2ccc(N(C)C)cc2)[n+]1-c1ccccc1. The van der Waals surface area contributed by atoms with E-state index in [1.165, 1.54) is 10.6 Å². The number of aryl methyl sites for hydroxylation is 1. The van der Waals surface area contributed by atoms with Gasteiger partial charge in [-0.15, -0.1) is 0 Å². The number of benzene rings is 3. The van der Waals surface area contributed by atoms with E-state index in [1.54, 1.807) is 11.8 Å². The molecule has 0 saturated carbocycles. The maximum atomic E-state index is 13.3. The van der Waals surface area contributed by atoms with Gasteiger partial charge in [0.2, 0.25) is 5.12 Å². The van der Waals surface area contributed by atoms with E-state index in [2.05, 4.69) is 55.3 Å². The third kappa shape index (κ3) is 4.90. The molecular weight excluding hydrogens is 484 g/mol. The molecule has 1 aliphatic rings. The number of hydrogen-bond donors (Lipinski definition) is 0. The van der Waals surface area contributed by atoms with Crippen LogP contribution >= 0.6 is 23.5 Å². The van der Waals surface area contributed by atoms with E-state index in [0.717, 1.165) is 39.6 Å². The highest BCUT2D eigenvalue weighted by Gasteiger charge is 2.26. The van der Waals surface area contributed by atoms with Crippen molar-refractivity contribution in [1.82, 2.24) is 4.98 Å². The molecule has 0 fully saturated rings. The number of fused-ring (bicyclic) bond motifs is 1. The first-order valence-corrected chi connectivity index (χ1v) is 13.2. The van der Waals surface area contributed by atoms with E-state index in [9.17, 15) is 4.79 Å². The van der Waals surface area contributed by atoms with Gasteiger partial charge in [0.15, 0.2) is 5.69 Å². The number of nitrogens with zero attached hydrogens (tertiary/aromatic N) is 4. The van der Waals surface area contributed by atoms with E-state index in [-0.39, 0.29) is 5.12 Å². The second-order valence-electron chi connectivity index (χ2n) is 8.72. The Kier molecular flexibility index (Phi) is 6.85. The molecule has 5 nitrogen and oxygen atoms in total. The van der Waals surface area contributed by atoms with Gasteiger partial charge in [-0.3, -0.25) is 4.79 Å². The Balaban J connectivity index is 1.53. The van der Waals surface area contributed by atoms with Crippen molar-refractivity contribution < 1.29 is 9.36 Å². The lowest BCUT2D eigenvalue weighted by atomic mass is 10.2. The van der Waals surface area contributed by atoms with Gasteiger partial charge in [-0.05, 0) is 60.4 Å². The number of carbonyl (C=O) groups excluding carboxylic acids is 1. The van der Waals surface area contributed by atoms with Crippen molar-refractivity contribution in [3.8, 4) is 5.69 Å². The lowest BCUT2D eigenvalue weighted by Crippen LogP contribution is -2.38. The minimum absolute atomic E-state index is 0.0403. The van der Waals surface area contributed by atoms with Crippen LogP contribution in [0.1, 0.15) is 21.7 Å². The lowest BCUT2D eigenvalue weighted by molar-refractivity contribution is -0.647. The molecule has 3 aromatic carbocycles. The quantitative estimate of drug-likeness (QED) is 0.180. The Bertz CT molecular complexity index is 1450. The van der Waals surface area contributed by atoms with Crippen LogP contribution in [0.5, 0.6) is 0 Å². The van der Waals surface area contributed by atoms with Crippen LogP contribution in [0.2, 0.25) is 0 Å². The molecule has 0 N–H and O–H groups in total. The highest BCUT2D eigenvalue weighted by molar-refractivity contribution is 8.13. The zero-order valence-electron chi connectivity index (χ0n) is 20.7. The Morgan fingerprint density at radius 2 is 1.69 bits per heavy atom. The van der Waals surface area contributed by atoms with Gasteiger partial charge in [-0.1, -0.05) is 42.1 Å². The maximum absolute atomic E-state index is 13.3. The molecule has 4 aromatic rings. The number of aromatic nitrogens is 2. The predicted molar refractivity (Wildman–Crippen MR) is 150 cm³/mol. The highest BCUT2D eigenvalue weighted by atomic mass is 32.2. The Hall–Kier alpha value is -3.55. The summed E-state index contributed by atoms with van der Waals surface area (Å²) in [5, 5.41) is 1.70. The summed E-state index contributed by atoms with van der Waals surface area (Å²) in [6.45, 7) is 2.05. The highest BCUT2D eigenvalue weighted by Crippen LogP contribution is 2.45. The summed E-state index contributed by atoms with van der Waals surface area (Å²) in [4.78, 5) is 23.7. The molecule has 0 amide bonds. The number of carbonyl (C=O) groups is 1. The van der Waals surface area contributed by atoms with Gasteiger partial charge in [0.05, 0.1) is 10.7 Å². The second kappa shape index (κ2) is 10.2. The fraction of sp³-hybridized carbons (Fsp3) is 0.138. The lowest BCUT2D eigenvalue weighted by Gasteiger charge is -2.13. The summed E-state index contributed by atoms with van der Waals surface area (Å²) < 4.78 is 2.04. The van der Waals surface area contributed by atoms with Crippen LogP contribution in [-0.2, 0) is 0 Å². The average Bonchev–Trinajstić information content (AvgIpc) is 3.19. The largest absolute Gasteiger partial charge is 0.378 e. The molecule has 1 aromatic heterocycles. The number of rotatable bonds is 5. The van der Waals surface area contributed by atoms with Crippen LogP contribution in [0.3, 0.4) is 0 Å². The zero-order valence-corrected chi connectivity index (χ0v) is 22.3. The normalized spacial score (nSPS) is 13.7. The molecule has 5 rings (SSSR count). The molecule has 0 bridgehead atoms. The van der Waals surface area contributed by atoms with Gasteiger partial charge in [-0.25, -0.2) is 0 Å². The van der Waals surface area contributed by atoms with Crippen molar-refractivity contribution in [3.63, 3.8) is 0 Å². The van der Waals surface area contributed by atoms with Crippen LogP contribution < -0.4 is 14.4 Å². The van der Waals surface area contributed by atoms with E-state index in [0.29, 0.717) is 10.7 Å². The van der Waals surface area contributed by atoms with Gasteiger partial charge in [0, 0.05) is 61.2 Å². The van der Waals surface area contributed by atoms with Gasteiger partial charge in [0.25, 0.3) is 0 Å². The van der Waals surface area contributed by atoms with Crippen LogP contribution in [0.15, 0.2) is 100 Å². The summed E-state index contributed by atoms with van der Waals surface area (Å²) in [5.74, 6) is 0. The van der Waals surface area contributed by atoms with Crippen molar-refractivity contribution in [2.75, 3.05) is 30.9 Å². The Labute approximate surface area is 220 Å². The van der Waals surface area contributed by atoms with E-state index < -0.39 is 0 Å². The first kappa shape index (κ1) is 24.2. The fourth-order valence-electron chi connectivity index (χ4n) is 4.07. The summed E-state index contributed by atoms with van der Waals surface area (Å²) in [6.07, 6.45) is 2.09. The molecule has 0 atom stereocenters. The molecule has 0 unspecified atom stereocenters. The minimum atomic E-state index is -0.0403. The molecular formula is C29H27N4OS2+. The van der Waals surface area contributed by atoms with Crippen molar-refractivity contribution in [1.29, 1.82) is 0 Å². The first-order valence-electron chi connectivity index (χ1n) is 11.6. The van der Waals surface area contributed by atoms with Crippen LogP contribution in [-0.4, -0.2) is 31.2 Å². The summed E-state index contributed by atoms with van der Waals surface area (Å²) in [5.41, 5.74) is 5.68. The monoisotopic (exact) mass is 511 g/mol. The number of hydrogen-bond acceptors (Lipinski definition) is 6. The van der Waals surface area contributed by atoms with Gasteiger partial charge >= 0.3 is 5.16 Å².